The Morgan fingerprint density at radius 3 is 2.50 bits per heavy atom. The fourth-order valence-corrected chi connectivity index (χ4v) is 2.73. The minimum Gasteiger partial charge on any atom is -0.506 e. The van der Waals surface area contributed by atoms with Gasteiger partial charge in [-0.1, -0.05) is 5.16 Å². The van der Waals surface area contributed by atoms with Gasteiger partial charge in [0, 0.05) is 13.5 Å². The molecule has 18 heavy (non-hydrogen) atoms. The molecule has 0 amide bonds. The van der Waals surface area contributed by atoms with Crippen LogP contribution in [0.25, 0.3) is 0 Å². The van der Waals surface area contributed by atoms with E-state index in [1.807, 2.05) is 12.1 Å². The summed E-state index contributed by atoms with van der Waals surface area (Å²) in [7, 11) is 0. The van der Waals surface area contributed by atoms with Crippen LogP contribution in [0.5, 0.6) is 5.75 Å². The Kier molecular flexibility index (Phi) is 4.36. The second-order valence-electron chi connectivity index (χ2n) is 3.74. The first-order valence-corrected chi connectivity index (χ1v) is 6.81. The fraction of sp³-hybridized carbons (Fsp3) is 0.273. The van der Waals surface area contributed by atoms with E-state index in [1.54, 1.807) is 6.92 Å². The number of aromatic nitrogens is 2. The van der Waals surface area contributed by atoms with Crippen LogP contribution in [-0.4, -0.2) is 15.2 Å². The van der Waals surface area contributed by atoms with E-state index in [4.69, 9.17) is 4.52 Å². The molecule has 96 valence electrons. The van der Waals surface area contributed by atoms with Crippen molar-refractivity contribution in [3.05, 3.63) is 38.4 Å². The Labute approximate surface area is 121 Å². The number of benzene rings is 1. The van der Waals surface area contributed by atoms with Crippen LogP contribution in [0.1, 0.15) is 17.3 Å². The Morgan fingerprint density at radius 2 is 1.94 bits per heavy atom. The molecule has 0 atom stereocenters. The molecule has 2 rings (SSSR count). The first-order chi connectivity index (χ1) is 8.56. The number of halogens is 2. The highest BCUT2D eigenvalue weighted by molar-refractivity contribution is 9.11. The summed E-state index contributed by atoms with van der Waals surface area (Å²) in [5, 5.41) is 16.6. The van der Waals surface area contributed by atoms with Crippen LogP contribution in [0.2, 0.25) is 0 Å². The van der Waals surface area contributed by atoms with Gasteiger partial charge in [-0.15, -0.1) is 0 Å². The third-order valence-electron chi connectivity index (χ3n) is 2.26. The Hall–Kier alpha value is -0.920. The van der Waals surface area contributed by atoms with Crippen LogP contribution in [0.3, 0.4) is 0 Å². The lowest BCUT2D eigenvalue weighted by Gasteiger charge is -2.06. The quantitative estimate of drug-likeness (QED) is 0.858. The normalized spacial score (nSPS) is 10.8. The summed E-state index contributed by atoms with van der Waals surface area (Å²) in [6.45, 7) is 2.93. The lowest BCUT2D eigenvalue weighted by molar-refractivity contribution is 0.385. The minimum absolute atomic E-state index is 0.201. The van der Waals surface area contributed by atoms with Gasteiger partial charge >= 0.3 is 0 Å². The summed E-state index contributed by atoms with van der Waals surface area (Å²) < 4.78 is 6.19. The summed E-state index contributed by atoms with van der Waals surface area (Å²) in [4.78, 5) is 4.09. The lowest BCUT2D eigenvalue weighted by atomic mass is 10.2. The number of nitrogens with one attached hydrogen (secondary N) is 1. The predicted molar refractivity (Wildman–Crippen MR) is 73.1 cm³/mol. The molecule has 0 aliphatic carbocycles. The number of nitrogens with zero attached hydrogens (tertiary/aromatic N) is 2. The molecule has 0 saturated carbocycles. The fourth-order valence-electron chi connectivity index (χ4n) is 1.45. The molecule has 0 aliphatic rings. The van der Waals surface area contributed by atoms with Gasteiger partial charge in [0.2, 0.25) is 5.89 Å². The number of phenols is 1. The summed E-state index contributed by atoms with van der Waals surface area (Å²) in [6.07, 6.45) is 0. The number of hydrogen-bond acceptors (Lipinski definition) is 5. The molecule has 0 radical (unpaired) electrons. The number of aromatic hydroxyl groups is 1. The van der Waals surface area contributed by atoms with Crippen molar-refractivity contribution in [2.24, 2.45) is 0 Å². The Morgan fingerprint density at radius 1 is 1.28 bits per heavy atom. The van der Waals surface area contributed by atoms with E-state index in [-0.39, 0.29) is 5.75 Å². The first kappa shape index (κ1) is 13.5. The minimum atomic E-state index is 0.201. The molecule has 2 N–H and O–H groups in total. The van der Waals surface area contributed by atoms with Crippen molar-refractivity contribution in [2.45, 2.75) is 20.0 Å². The molecular weight excluding hydrogens is 366 g/mol. The maximum Gasteiger partial charge on any atom is 0.223 e. The van der Waals surface area contributed by atoms with E-state index >= 15 is 0 Å². The second kappa shape index (κ2) is 5.81. The van der Waals surface area contributed by atoms with Crippen molar-refractivity contribution in [1.29, 1.82) is 0 Å². The van der Waals surface area contributed by atoms with E-state index in [0.717, 1.165) is 5.56 Å². The molecule has 0 spiro atoms. The summed E-state index contributed by atoms with van der Waals surface area (Å²) in [6, 6.07) is 3.71. The maximum atomic E-state index is 9.59. The molecule has 1 heterocycles. The number of aryl methyl sites for hydroxylation is 1. The topological polar surface area (TPSA) is 71.2 Å². The predicted octanol–water partition coefficient (Wildman–Crippen LogP) is 2.90. The highest BCUT2D eigenvalue weighted by Gasteiger charge is 2.06. The van der Waals surface area contributed by atoms with Gasteiger partial charge in [-0.05, 0) is 49.6 Å². The summed E-state index contributed by atoms with van der Waals surface area (Å²) in [5.74, 6) is 1.39. The smallest absolute Gasteiger partial charge is 0.223 e. The molecule has 1 aromatic heterocycles. The van der Waals surface area contributed by atoms with Crippen LogP contribution >= 0.6 is 31.9 Å². The third-order valence-corrected chi connectivity index (χ3v) is 3.47. The van der Waals surface area contributed by atoms with Crippen LogP contribution in [0.4, 0.5) is 0 Å². The van der Waals surface area contributed by atoms with Crippen molar-refractivity contribution < 1.29 is 9.63 Å². The van der Waals surface area contributed by atoms with E-state index in [2.05, 4.69) is 47.3 Å². The zero-order chi connectivity index (χ0) is 13.1. The molecule has 2 aromatic rings. The van der Waals surface area contributed by atoms with Gasteiger partial charge in [-0.2, -0.15) is 4.98 Å². The first-order valence-electron chi connectivity index (χ1n) is 5.23. The molecule has 0 bridgehead atoms. The average Bonchev–Trinajstić information content (AvgIpc) is 2.72. The van der Waals surface area contributed by atoms with E-state index < -0.39 is 0 Å². The van der Waals surface area contributed by atoms with Gasteiger partial charge in [-0.25, -0.2) is 0 Å². The van der Waals surface area contributed by atoms with E-state index in [1.165, 1.54) is 0 Å². The second-order valence-corrected chi connectivity index (χ2v) is 5.45. The van der Waals surface area contributed by atoms with Gasteiger partial charge in [0.25, 0.3) is 0 Å². The van der Waals surface area contributed by atoms with Crippen molar-refractivity contribution in [3.63, 3.8) is 0 Å². The molecule has 0 fully saturated rings. The number of phenolic OH excluding ortho intramolecular Hbond substituents is 1. The Bertz CT molecular complexity index is 534. The van der Waals surface area contributed by atoms with Gasteiger partial charge in [-0.3, -0.25) is 0 Å². The third kappa shape index (κ3) is 3.30. The molecule has 0 saturated heterocycles. The van der Waals surface area contributed by atoms with E-state index in [0.29, 0.717) is 33.8 Å². The SMILES string of the molecule is Cc1nc(CNCc2cc(Br)c(O)c(Br)c2)no1. The number of hydrogen-bond donors (Lipinski definition) is 2. The van der Waals surface area contributed by atoms with Gasteiger partial charge in [0.05, 0.1) is 15.5 Å². The maximum absolute atomic E-state index is 9.59. The molecule has 7 heteroatoms. The van der Waals surface area contributed by atoms with Crippen LogP contribution in [-0.2, 0) is 13.1 Å². The van der Waals surface area contributed by atoms with E-state index in [9.17, 15) is 5.11 Å². The van der Waals surface area contributed by atoms with Gasteiger partial charge in [0.15, 0.2) is 5.82 Å². The lowest BCUT2D eigenvalue weighted by Crippen LogP contribution is -2.13. The van der Waals surface area contributed by atoms with Crippen LogP contribution in [0.15, 0.2) is 25.6 Å². The molecule has 1 aromatic carbocycles. The monoisotopic (exact) mass is 375 g/mol. The molecule has 0 aliphatic heterocycles. The Balaban J connectivity index is 1.94. The molecular formula is C11H11Br2N3O2. The highest BCUT2D eigenvalue weighted by atomic mass is 79.9. The molecule has 5 nitrogen and oxygen atoms in total. The zero-order valence-electron chi connectivity index (χ0n) is 9.57. The summed E-state index contributed by atoms with van der Waals surface area (Å²) >= 11 is 6.58. The highest BCUT2D eigenvalue weighted by Crippen LogP contribution is 2.33. The average molecular weight is 377 g/mol. The van der Waals surface area contributed by atoms with Crippen LogP contribution in [0, 0.1) is 6.92 Å². The van der Waals surface area contributed by atoms with Crippen molar-refractivity contribution >= 4 is 31.9 Å². The van der Waals surface area contributed by atoms with Crippen LogP contribution < -0.4 is 5.32 Å². The standard InChI is InChI=1S/C11H11Br2N3O2/c1-6-15-10(16-18-6)5-14-4-7-2-8(12)11(17)9(13)3-7/h2-3,14,17H,4-5H2,1H3. The number of rotatable bonds is 4. The molecule has 0 unspecified atom stereocenters. The van der Waals surface area contributed by atoms with Crippen molar-refractivity contribution in [3.8, 4) is 5.75 Å². The zero-order valence-corrected chi connectivity index (χ0v) is 12.7. The summed E-state index contributed by atoms with van der Waals surface area (Å²) in [5.41, 5.74) is 1.03. The van der Waals surface area contributed by atoms with Gasteiger partial charge in [0.1, 0.15) is 5.75 Å². The van der Waals surface area contributed by atoms with Crippen molar-refractivity contribution in [2.75, 3.05) is 0 Å². The largest absolute Gasteiger partial charge is 0.506 e. The van der Waals surface area contributed by atoms with Gasteiger partial charge < -0.3 is 14.9 Å². The van der Waals surface area contributed by atoms with Crippen molar-refractivity contribution in [1.82, 2.24) is 15.5 Å².